The molecule has 1 fully saturated rings. The Kier molecular flexibility index (Phi) is 6.31. The number of ether oxygens (including phenoxy) is 1. The van der Waals surface area contributed by atoms with Gasteiger partial charge in [-0.25, -0.2) is 17.1 Å². The van der Waals surface area contributed by atoms with Gasteiger partial charge >= 0.3 is 0 Å². The van der Waals surface area contributed by atoms with Crippen molar-refractivity contribution < 1.29 is 22.3 Å². The monoisotopic (exact) mass is 510 g/mol. The topological polar surface area (TPSA) is 82.2 Å². The summed E-state index contributed by atoms with van der Waals surface area (Å²) < 4.78 is 47.7. The molecule has 0 spiro atoms. The van der Waals surface area contributed by atoms with Crippen LogP contribution in [-0.2, 0) is 10.0 Å². The van der Waals surface area contributed by atoms with Gasteiger partial charge in [0.1, 0.15) is 16.5 Å². The fourth-order valence-corrected chi connectivity index (χ4v) is 5.82. The van der Waals surface area contributed by atoms with Crippen molar-refractivity contribution in [1.29, 1.82) is 0 Å². The molecule has 0 radical (unpaired) electrons. The molecule has 0 unspecified atom stereocenters. The molecule has 3 aromatic rings. The first-order chi connectivity index (χ1) is 17.3. The Hall–Kier alpha value is -3.63. The summed E-state index contributed by atoms with van der Waals surface area (Å²) in [6.45, 7) is 4.36. The van der Waals surface area contributed by atoms with Crippen molar-refractivity contribution in [3.63, 3.8) is 0 Å². The van der Waals surface area contributed by atoms with Gasteiger partial charge in [-0.1, -0.05) is 19.1 Å². The number of carbonyl (C=O) groups is 1. The van der Waals surface area contributed by atoms with E-state index in [1.165, 1.54) is 29.6 Å². The minimum Gasteiger partial charge on any atom is -0.454 e. The minimum absolute atomic E-state index is 0.0607. The summed E-state index contributed by atoms with van der Waals surface area (Å²) >= 11 is 0. The fourth-order valence-electron chi connectivity index (χ4n) is 4.43. The first-order valence-corrected chi connectivity index (χ1v) is 13.2. The predicted octanol–water partition coefficient (Wildman–Crippen LogP) is 4.15. The van der Waals surface area contributed by atoms with Crippen molar-refractivity contribution in [2.75, 3.05) is 54.9 Å². The zero-order chi connectivity index (χ0) is 25.4. The second-order valence-electron chi connectivity index (χ2n) is 8.74. The molecule has 2 aliphatic heterocycles. The molecule has 0 saturated carbocycles. The van der Waals surface area contributed by atoms with Crippen molar-refractivity contribution in [1.82, 2.24) is 4.31 Å². The lowest BCUT2D eigenvalue weighted by molar-refractivity contribution is 0.102. The van der Waals surface area contributed by atoms with E-state index in [4.69, 9.17) is 4.74 Å². The van der Waals surface area contributed by atoms with Crippen molar-refractivity contribution >= 4 is 33.0 Å². The zero-order valence-corrected chi connectivity index (χ0v) is 20.9. The van der Waals surface area contributed by atoms with E-state index < -0.39 is 15.9 Å². The van der Waals surface area contributed by atoms with Gasteiger partial charge in [-0.15, -0.1) is 0 Å². The van der Waals surface area contributed by atoms with Crippen LogP contribution in [0.4, 0.5) is 21.5 Å². The smallest absolute Gasteiger partial charge is 0.259 e. The normalized spacial score (nSPS) is 15.6. The summed E-state index contributed by atoms with van der Waals surface area (Å²) in [6.07, 6.45) is 0. The molecule has 0 atom stereocenters. The van der Waals surface area contributed by atoms with E-state index in [9.17, 15) is 17.6 Å². The second-order valence-corrected chi connectivity index (χ2v) is 10.8. The van der Waals surface area contributed by atoms with Crippen LogP contribution in [0.1, 0.15) is 17.3 Å². The van der Waals surface area contributed by atoms with Gasteiger partial charge < -0.3 is 19.9 Å². The number of amides is 1. The van der Waals surface area contributed by atoms with Gasteiger partial charge in [0.25, 0.3) is 5.91 Å². The van der Waals surface area contributed by atoms with Gasteiger partial charge in [-0.2, -0.15) is 0 Å². The zero-order valence-electron chi connectivity index (χ0n) is 20.1. The van der Waals surface area contributed by atoms with Crippen LogP contribution in [0.5, 0.6) is 11.5 Å². The van der Waals surface area contributed by atoms with Crippen LogP contribution in [-0.4, -0.2) is 58.4 Å². The van der Waals surface area contributed by atoms with E-state index in [2.05, 4.69) is 10.2 Å². The van der Waals surface area contributed by atoms with Crippen LogP contribution < -0.4 is 19.9 Å². The van der Waals surface area contributed by atoms with Crippen molar-refractivity contribution in [3.05, 3.63) is 72.0 Å². The molecule has 1 saturated heterocycles. The van der Waals surface area contributed by atoms with Crippen molar-refractivity contribution in [2.24, 2.45) is 0 Å². The van der Waals surface area contributed by atoms with E-state index in [0.717, 1.165) is 5.69 Å². The minimum atomic E-state index is -3.87. The Morgan fingerprint density at radius 3 is 2.33 bits per heavy atom. The molecular weight excluding hydrogens is 483 g/mol. The van der Waals surface area contributed by atoms with E-state index in [-0.39, 0.29) is 22.8 Å². The first kappa shape index (κ1) is 24.1. The van der Waals surface area contributed by atoms with Gasteiger partial charge in [0.2, 0.25) is 10.0 Å². The average molecular weight is 511 g/mol. The molecule has 3 aromatic carbocycles. The lowest BCUT2D eigenvalue weighted by atomic mass is 10.1. The van der Waals surface area contributed by atoms with Gasteiger partial charge in [-0.05, 0) is 42.5 Å². The Morgan fingerprint density at radius 1 is 0.972 bits per heavy atom. The van der Waals surface area contributed by atoms with Crippen LogP contribution >= 0.6 is 0 Å². The molecule has 10 heteroatoms. The number of nitrogens with zero attached hydrogens (tertiary/aromatic N) is 3. The Balaban J connectivity index is 1.54. The molecule has 0 aliphatic carbocycles. The number of sulfonamides is 1. The number of para-hydroxylation sites is 2. The third-order valence-corrected chi connectivity index (χ3v) is 8.57. The van der Waals surface area contributed by atoms with Crippen LogP contribution in [0.2, 0.25) is 0 Å². The fraction of sp³-hybridized carbons (Fsp3) is 0.269. The number of rotatable bonds is 5. The van der Waals surface area contributed by atoms with E-state index >= 15 is 0 Å². The second kappa shape index (κ2) is 9.44. The van der Waals surface area contributed by atoms with E-state index in [1.54, 1.807) is 49.4 Å². The van der Waals surface area contributed by atoms with Gasteiger partial charge in [0.15, 0.2) is 5.75 Å². The predicted molar refractivity (Wildman–Crippen MR) is 137 cm³/mol. The first-order valence-electron chi connectivity index (χ1n) is 11.8. The average Bonchev–Trinajstić information content (AvgIpc) is 3.03. The summed E-state index contributed by atoms with van der Waals surface area (Å²) in [6, 6.07) is 16.5. The highest BCUT2D eigenvalue weighted by molar-refractivity contribution is 7.89. The van der Waals surface area contributed by atoms with Gasteiger partial charge in [0, 0.05) is 51.5 Å². The molecular formula is C26H27FN4O4S. The van der Waals surface area contributed by atoms with E-state index in [0.29, 0.717) is 49.1 Å². The third-order valence-electron chi connectivity index (χ3n) is 6.61. The number of carbonyl (C=O) groups excluding carboxylic acids is 1. The molecule has 2 heterocycles. The lowest BCUT2D eigenvalue weighted by Gasteiger charge is -2.38. The number of nitrogens with one attached hydrogen (secondary N) is 1. The number of hydrogen-bond donors (Lipinski definition) is 1. The number of hydrogen-bond acceptors (Lipinski definition) is 6. The number of piperazine rings is 1. The molecule has 8 nitrogen and oxygen atoms in total. The Bertz CT molecular complexity index is 1400. The van der Waals surface area contributed by atoms with Crippen LogP contribution in [0.3, 0.4) is 0 Å². The highest BCUT2D eigenvalue weighted by Crippen LogP contribution is 2.41. The molecule has 1 amide bonds. The van der Waals surface area contributed by atoms with Crippen LogP contribution in [0.25, 0.3) is 0 Å². The molecule has 36 heavy (non-hydrogen) atoms. The third kappa shape index (κ3) is 4.38. The number of benzene rings is 3. The van der Waals surface area contributed by atoms with Crippen LogP contribution in [0.15, 0.2) is 65.6 Å². The Labute approximate surface area is 209 Å². The summed E-state index contributed by atoms with van der Waals surface area (Å²) in [5, 5.41) is 2.81. The largest absolute Gasteiger partial charge is 0.454 e. The maximum absolute atomic E-state index is 13.5. The molecule has 2 aliphatic rings. The Morgan fingerprint density at radius 2 is 1.64 bits per heavy atom. The van der Waals surface area contributed by atoms with Gasteiger partial charge in [-0.3, -0.25) is 4.79 Å². The maximum Gasteiger partial charge on any atom is 0.259 e. The summed E-state index contributed by atoms with van der Waals surface area (Å²) in [4.78, 5) is 17.2. The quantitative estimate of drug-likeness (QED) is 0.555. The summed E-state index contributed by atoms with van der Waals surface area (Å²) in [5.74, 6) is 0.0607. The highest BCUT2D eigenvalue weighted by atomic mass is 32.2. The van der Waals surface area contributed by atoms with Gasteiger partial charge in [0.05, 0.1) is 16.9 Å². The number of halogens is 1. The summed E-state index contributed by atoms with van der Waals surface area (Å²) in [5.41, 5.74) is 2.07. The van der Waals surface area contributed by atoms with Crippen molar-refractivity contribution in [3.8, 4) is 11.5 Å². The van der Waals surface area contributed by atoms with Crippen LogP contribution in [0, 0.1) is 5.82 Å². The lowest BCUT2D eigenvalue weighted by Crippen LogP contribution is -2.47. The molecule has 0 bridgehead atoms. The van der Waals surface area contributed by atoms with E-state index in [1.807, 2.05) is 4.90 Å². The number of anilines is 3. The standard InChI is InChI=1S/C26H27FN4O4S/c1-3-29(2)36(33,34)25-16-20-24(35-23-7-5-4-6-21(23)28-26(20)32)17-22(25)31-14-12-30(13-15-31)19-10-8-18(27)9-11-19/h4-11,16-17H,3,12-15H2,1-2H3,(H,28,32). The molecule has 1 N–H and O–H groups in total. The summed E-state index contributed by atoms with van der Waals surface area (Å²) in [7, 11) is -2.36. The highest BCUT2D eigenvalue weighted by Gasteiger charge is 2.32. The maximum atomic E-state index is 13.5. The molecule has 188 valence electrons. The SMILES string of the molecule is CCN(C)S(=O)(=O)c1cc2c(cc1N1CCN(c3ccc(F)cc3)CC1)Oc1ccccc1NC2=O. The van der Waals surface area contributed by atoms with Crippen molar-refractivity contribution in [2.45, 2.75) is 11.8 Å². The molecule has 5 rings (SSSR count). The molecule has 0 aromatic heterocycles. The number of fused-ring (bicyclic) bond motifs is 2.